The fourth-order valence-electron chi connectivity index (χ4n) is 1.46. The SMILES string of the molecule is C=CCC[C@H](N)c1cc(C(F)(F)F)ccc1Cl.Cl. The molecular formula is C12H14Cl2F3N. The van der Waals surface area contributed by atoms with E-state index in [1.807, 2.05) is 0 Å². The number of benzene rings is 1. The van der Waals surface area contributed by atoms with Crippen LogP contribution in [0.25, 0.3) is 0 Å². The van der Waals surface area contributed by atoms with E-state index in [9.17, 15) is 13.2 Å². The molecule has 0 saturated carbocycles. The molecule has 0 bridgehead atoms. The lowest BCUT2D eigenvalue weighted by atomic mass is 10.0. The maximum Gasteiger partial charge on any atom is 0.416 e. The van der Waals surface area contributed by atoms with Gasteiger partial charge in [0.2, 0.25) is 0 Å². The summed E-state index contributed by atoms with van der Waals surface area (Å²) in [7, 11) is 0. The molecule has 0 amide bonds. The lowest BCUT2D eigenvalue weighted by Crippen LogP contribution is -2.13. The molecule has 1 atom stereocenters. The van der Waals surface area contributed by atoms with Crippen molar-refractivity contribution in [2.45, 2.75) is 25.1 Å². The van der Waals surface area contributed by atoms with Crippen molar-refractivity contribution >= 4 is 24.0 Å². The third kappa shape index (κ3) is 4.52. The van der Waals surface area contributed by atoms with Crippen LogP contribution in [0.15, 0.2) is 30.9 Å². The molecule has 0 saturated heterocycles. The molecule has 0 aromatic heterocycles. The normalized spacial score (nSPS) is 12.7. The van der Waals surface area contributed by atoms with E-state index >= 15 is 0 Å². The fourth-order valence-corrected chi connectivity index (χ4v) is 1.71. The number of nitrogens with two attached hydrogens (primary N) is 1. The Bertz CT molecular complexity index is 405. The van der Waals surface area contributed by atoms with Crippen LogP contribution in [0.5, 0.6) is 0 Å². The first kappa shape index (κ1) is 17.3. The average Bonchev–Trinajstić information content (AvgIpc) is 2.24. The second-order valence-electron chi connectivity index (χ2n) is 3.71. The molecule has 18 heavy (non-hydrogen) atoms. The summed E-state index contributed by atoms with van der Waals surface area (Å²) in [6.45, 7) is 3.54. The van der Waals surface area contributed by atoms with Crippen LogP contribution in [0.1, 0.15) is 30.0 Å². The minimum absolute atomic E-state index is 0. The highest BCUT2D eigenvalue weighted by atomic mass is 35.5. The van der Waals surface area contributed by atoms with Crippen molar-refractivity contribution < 1.29 is 13.2 Å². The third-order valence-corrected chi connectivity index (χ3v) is 2.75. The molecule has 0 fully saturated rings. The Morgan fingerprint density at radius 3 is 2.50 bits per heavy atom. The summed E-state index contributed by atoms with van der Waals surface area (Å²) in [5.41, 5.74) is 5.39. The largest absolute Gasteiger partial charge is 0.416 e. The van der Waals surface area contributed by atoms with Crippen LogP contribution >= 0.6 is 24.0 Å². The molecule has 102 valence electrons. The monoisotopic (exact) mass is 299 g/mol. The predicted molar refractivity (Wildman–Crippen MR) is 70.1 cm³/mol. The highest BCUT2D eigenvalue weighted by Crippen LogP contribution is 2.34. The lowest BCUT2D eigenvalue weighted by Gasteiger charge is -2.15. The molecule has 0 aliphatic rings. The first-order valence-electron chi connectivity index (χ1n) is 5.09. The van der Waals surface area contributed by atoms with E-state index in [-0.39, 0.29) is 17.4 Å². The van der Waals surface area contributed by atoms with Gasteiger partial charge in [-0.1, -0.05) is 17.7 Å². The standard InChI is InChI=1S/C12H13ClF3N.ClH/c1-2-3-4-11(17)9-7-8(12(14,15)16)5-6-10(9)13;/h2,5-7,11H,1,3-4,17H2;1H/t11-;/m0./s1. The Morgan fingerprint density at radius 1 is 1.39 bits per heavy atom. The number of hydrogen-bond acceptors (Lipinski definition) is 1. The smallest absolute Gasteiger partial charge is 0.324 e. The summed E-state index contributed by atoms with van der Waals surface area (Å²) in [5.74, 6) is 0. The first-order chi connectivity index (χ1) is 7.86. The van der Waals surface area contributed by atoms with Crippen LogP contribution in [0, 0.1) is 0 Å². The van der Waals surface area contributed by atoms with Gasteiger partial charge in [0.1, 0.15) is 0 Å². The van der Waals surface area contributed by atoms with E-state index in [0.29, 0.717) is 18.4 Å². The second kappa shape index (κ2) is 7.02. The molecule has 1 aromatic rings. The van der Waals surface area contributed by atoms with Gasteiger partial charge in [-0.3, -0.25) is 0 Å². The summed E-state index contributed by atoms with van der Waals surface area (Å²) >= 11 is 5.85. The average molecular weight is 300 g/mol. The molecule has 1 nitrogen and oxygen atoms in total. The van der Waals surface area contributed by atoms with Gasteiger partial charge in [0.05, 0.1) is 5.56 Å². The Hall–Kier alpha value is -0.710. The van der Waals surface area contributed by atoms with Crippen LogP contribution in [-0.4, -0.2) is 0 Å². The lowest BCUT2D eigenvalue weighted by molar-refractivity contribution is -0.137. The minimum Gasteiger partial charge on any atom is -0.324 e. The molecule has 0 aliphatic heterocycles. The van der Waals surface area contributed by atoms with Gasteiger partial charge in [0.25, 0.3) is 0 Å². The number of allylic oxidation sites excluding steroid dienone is 1. The quantitative estimate of drug-likeness (QED) is 0.798. The third-order valence-electron chi connectivity index (χ3n) is 2.40. The molecule has 0 spiro atoms. The van der Waals surface area contributed by atoms with Gasteiger partial charge < -0.3 is 5.73 Å². The molecule has 1 aromatic carbocycles. The van der Waals surface area contributed by atoms with Gasteiger partial charge in [-0.25, -0.2) is 0 Å². The molecule has 0 heterocycles. The highest BCUT2D eigenvalue weighted by molar-refractivity contribution is 6.31. The second-order valence-corrected chi connectivity index (χ2v) is 4.11. The van der Waals surface area contributed by atoms with Crippen molar-refractivity contribution in [1.82, 2.24) is 0 Å². The highest BCUT2D eigenvalue weighted by Gasteiger charge is 2.31. The molecule has 6 heteroatoms. The Kier molecular flexibility index (Phi) is 6.74. The van der Waals surface area contributed by atoms with Crippen LogP contribution < -0.4 is 5.73 Å². The zero-order valence-corrected chi connectivity index (χ0v) is 11.1. The summed E-state index contributed by atoms with van der Waals surface area (Å²) in [6.07, 6.45) is -1.56. The zero-order valence-electron chi connectivity index (χ0n) is 9.51. The molecule has 0 aliphatic carbocycles. The van der Waals surface area contributed by atoms with E-state index < -0.39 is 17.8 Å². The summed E-state index contributed by atoms with van der Waals surface area (Å²) < 4.78 is 37.5. The van der Waals surface area contributed by atoms with E-state index in [1.54, 1.807) is 6.08 Å². The Balaban J connectivity index is 0.00000289. The summed E-state index contributed by atoms with van der Waals surface area (Å²) in [5, 5.41) is 0.259. The van der Waals surface area contributed by atoms with Crippen molar-refractivity contribution in [3.05, 3.63) is 47.0 Å². The molecular weight excluding hydrogens is 286 g/mol. The van der Waals surface area contributed by atoms with Gasteiger partial charge >= 0.3 is 6.18 Å². The first-order valence-corrected chi connectivity index (χ1v) is 5.47. The van der Waals surface area contributed by atoms with Gasteiger partial charge in [0, 0.05) is 11.1 Å². The van der Waals surface area contributed by atoms with Crippen LogP contribution in [0.3, 0.4) is 0 Å². The Morgan fingerprint density at radius 2 is 2.00 bits per heavy atom. The fraction of sp³-hybridized carbons (Fsp3) is 0.333. The van der Waals surface area contributed by atoms with Crippen molar-refractivity contribution in [2.75, 3.05) is 0 Å². The number of rotatable bonds is 4. The van der Waals surface area contributed by atoms with Gasteiger partial charge in [-0.05, 0) is 36.6 Å². The Labute approximate surface area is 115 Å². The van der Waals surface area contributed by atoms with Crippen LogP contribution in [0.2, 0.25) is 5.02 Å². The van der Waals surface area contributed by atoms with E-state index in [0.717, 1.165) is 12.1 Å². The maximum atomic E-state index is 12.5. The molecule has 1 rings (SSSR count). The number of alkyl halides is 3. The zero-order chi connectivity index (χ0) is 13.1. The van der Waals surface area contributed by atoms with Crippen LogP contribution in [0.4, 0.5) is 13.2 Å². The van der Waals surface area contributed by atoms with E-state index in [4.69, 9.17) is 17.3 Å². The van der Waals surface area contributed by atoms with Crippen molar-refractivity contribution in [2.24, 2.45) is 5.73 Å². The number of halogens is 5. The van der Waals surface area contributed by atoms with Crippen molar-refractivity contribution in [3.8, 4) is 0 Å². The van der Waals surface area contributed by atoms with Gasteiger partial charge in [-0.2, -0.15) is 13.2 Å². The van der Waals surface area contributed by atoms with Crippen molar-refractivity contribution in [1.29, 1.82) is 0 Å². The topological polar surface area (TPSA) is 26.0 Å². The summed E-state index contributed by atoms with van der Waals surface area (Å²) in [4.78, 5) is 0. The molecule has 0 unspecified atom stereocenters. The van der Waals surface area contributed by atoms with Gasteiger partial charge in [0.15, 0.2) is 0 Å². The van der Waals surface area contributed by atoms with E-state index in [1.165, 1.54) is 6.07 Å². The van der Waals surface area contributed by atoms with Crippen LogP contribution in [-0.2, 0) is 6.18 Å². The number of hydrogen-bond donors (Lipinski definition) is 1. The molecule has 2 N–H and O–H groups in total. The minimum atomic E-state index is -4.38. The maximum absolute atomic E-state index is 12.5. The van der Waals surface area contributed by atoms with Gasteiger partial charge in [-0.15, -0.1) is 19.0 Å². The predicted octanol–water partition coefficient (Wildman–Crippen LogP) is 4.75. The molecule has 0 radical (unpaired) electrons. The van der Waals surface area contributed by atoms with E-state index in [2.05, 4.69) is 6.58 Å². The summed E-state index contributed by atoms with van der Waals surface area (Å²) in [6, 6.07) is 2.68. The van der Waals surface area contributed by atoms with Crippen molar-refractivity contribution in [3.63, 3.8) is 0 Å².